The molecule has 4 aromatic rings. The molecule has 0 aliphatic heterocycles. The highest BCUT2D eigenvalue weighted by Crippen LogP contribution is 2.39. The Bertz CT molecular complexity index is 1200. The highest BCUT2D eigenvalue weighted by atomic mass is 15.1. The molecule has 0 aliphatic carbocycles. The number of para-hydroxylation sites is 2. The van der Waals surface area contributed by atoms with E-state index in [-0.39, 0.29) is 10.8 Å². The molecule has 0 saturated carbocycles. The van der Waals surface area contributed by atoms with E-state index in [1.54, 1.807) is 0 Å². The van der Waals surface area contributed by atoms with Crippen molar-refractivity contribution < 1.29 is 4.57 Å². The van der Waals surface area contributed by atoms with Gasteiger partial charge in [0.1, 0.15) is 5.69 Å². The van der Waals surface area contributed by atoms with E-state index in [1.165, 1.54) is 38.7 Å². The zero-order valence-corrected chi connectivity index (χ0v) is 23.8. The molecule has 2 aromatic carbocycles. The molecule has 0 spiro atoms. The quantitative estimate of drug-likeness (QED) is 0.212. The lowest BCUT2D eigenvalue weighted by Gasteiger charge is -2.29. The molecule has 0 radical (unpaired) electrons. The summed E-state index contributed by atoms with van der Waals surface area (Å²) in [7, 11) is 2.22. The predicted molar refractivity (Wildman–Crippen MR) is 154 cm³/mol. The van der Waals surface area contributed by atoms with E-state index in [1.807, 2.05) is 27.7 Å². The van der Waals surface area contributed by atoms with E-state index in [9.17, 15) is 0 Å². The standard InChI is InChI=1S/C26H33N2.2C2H6.C2H4/c1-8-26(6,9-2)19-14-12-13-18-17-22(25(3,4)5)28-21-16-11-10-15-20(21)27(7)24(28)23(18)19;3*1-2/h10-17H,8-9H2,1-7H3;2*1-2H3;1-2H2/q+1;;;. The fourth-order valence-electron chi connectivity index (χ4n) is 4.68. The second kappa shape index (κ2) is 12.2. The Balaban J connectivity index is 0.000000894. The van der Waals surface area contributed by atoms with Crippen LogP contribution in [0.15, 0.2) is 61.7 Å². The maximum absolute atomic E-state index is 3.00. The number of rotatable bonds is 3. The third-order valence-corrected chi connectivity index (χ3v) is 6.85. The molecular weight excluding hydrogens is 412 g/mol. The van der Waals surface area contributed by atoms with Crippen LogP contribution in [0.2, 0.25) is 0 Å². The van der Waals surface area contributed by atoms with Gasteiger partial charge in [-0.05, 0) is 47.4 Å². The smallest absolute Gasteiger partial charge is 0.225 e. The summed E-state index contributed by atoms with van der Waals surface area (Å²) in [5.41, 5.74) is 6.94. The summed E-state index contributed by atoms with van der Waals surface area (Å²) in [5.74, 6) is 0. The van der Waals surface area contributed by atoms with Crippen molar-refractivity contribution in [3.8, 4) is 0 Å². The topological polar surface area (TPSA) is 8.29 Å². The molecule has 0 N–H and O–H groups in total. The molecular formula is C32H49N2+. The van der Waals surface area contributed by atoms with Gasteiger partial charge in [0.15, 0.2) is 11.0 Å². The third-order valence-electron chi connectivity index (χ3n) is 6.85. The van der Waals surface area contributed by atoms with E-state index in [0.717, 1.165) is 12.8 Å². The first-order valence-corrected chi connectivity index (χ1v) is 13.1. The van der Waals surface area contributed by atoms with Crippen LogP contribution in [0.25, 0.3) is 27.5 Å². The molecule has 2 nitrogen and oxygen atoms in total. The summed E-state index contributed by atoms with van der Waals surface area (Å²) < 4.78 is 4.90. The van der Waals surface area contributed by atoms with Crippen molar-refractivity contribution >= 4 is 27.5 Å². The third kappa shape index (κ3) is 5.06. The average Bonchev–Trinajstić information content (AvgIpc) is 3.18. The van der Waals surface area contributed by atoms with Crippen LogP contribution in [0.5, 0.6) is 0 Å². The first-order chi connectivity index (χ1) is 16.2. The molecule has 0 saturated heterocycles. The summed E-state index contributed by atoms with van der Waals surface area (Å²) in [6.07, 6.45) is 2.28. The van der Waals surface area contributed by atoms with Gasteiger partial charge in [0.2, 0.25) is 0 Å². The number of aryl methyl sites for hydroxylation is 1. The first kappa shape index (κ1) is 29.4. The van der Waals surface area contributed by atoms with Crippen molar-refractivity contribution in [1.82, 2.24) is 4.40 Å². The zero-order chi connectivity index (χ0) is 26.3. The van der Waals surface area contributed by atoms with Crippen LogP contribution in [0, 0.1) is 0 Å². The minimum Gasteiger partial charge on any atom is -0.225 e. The molecule has 0 unspecified atom stereocenters. The molecule has 34 heavy (non-hydrogen) atoms. The van der Waals surface area contributed by atoms with Crippen molar-refractivity contribution in [2.75, 3.05) is 0 Å². The van der Waals surface area contributed by atoms with Crippen molar-refractivity contribution in [2.24, 2.45) is 7.05 Å². The molecule has 2 aromatic heterocycles. The number of pyridine rings is 1. The molecule has 0 amide bonds. The summed E-state index contributed by atoms with van der Waals surface area (Å²) in [5, 5.41) is 2.75. The Morgan fingerprint density at radius 3 is 1.91 bits per heavy atom. The Labute approximate surface area is 209 Å². The summed E-state index contributed by atoms with van der Waals surface area (Å²) in [4.78, 5) is 0. The minimum absolute atomic E-state index is 0.0516. The summed E-state index contributed by atoms with van der Waals surface area (Å²) in [6.45, 7) is 28.0. The number of imidazole rings is 1. The summed E-state index contributed by atoms with van der Waals surface area (Å²) in [6, 6.07) is 18.1. The highest BCUT2D eigenvalue weighted by Gasteiger charge is 2.32. The van der Waals surface area contributed by atoms with Gasteiger partial charge < -0.3 is 0 Å². The molecule has 186 valence electrons. The number of hydrogen-bond donors (Lipinski definition) is 0. The van der Waals surface area contributed by atoms with Gasteiger partial charge in [0.25, 0.3) is 5.65 Å². The van der Waals surface area contributed by atoms with Gasteiger partial charge in [-0.3, -0.25) is 0 Å². The van der Waals surface area contributed by atoms with Crippen molar-refractivity contribution in [3.05, 3.63) is 72.9 Å². The van der Waals surface area contributed by atoms with Crippen LogP contribution in [-0.2, 0) is 17.9 Å². The monoisotopic (exact) mass is 461 g/mol. The summed E-state index contributed by atoms with van der Waals surface area (Å²) >= 11 is 0. The predicted octanol–water partition coefficient (Wildman–Crippen LogP) is 9.30. The number of fused-ring (bicyclic) bond motifs is 5. The SMILES string of the molecule is C=C.CC.CC.CCC(C)(CC)c1cccc2cc(C(C)(C)C)n3c4ccccc4[n+](C)c3c12. The van der Waals surface area contributed by atoms with Gasteiger partial charge in [-0.1, -0.05) is 99.6 Å². The van der Waals surface area contributed by atoms with Gasteiger partial charge in [-0.2, -0.15) is 4.40 Å². The maximum Gasteiger partial charge on any atom is 0.295 e. The van der Waals surface area contributed by atoms with Crippen LogP contribution in [0.3, 0.4) is 0 Å². The van der Waals surface area contributed by atoms with Crippen molar-refractivity contribution in [3.63, 3.8) is 0 Å². The lowest BCUT2D eigenvalue weighted by Crippen LogP contribution is -2.30. The molecule has 0 bridgehead atoms. The Morgan fingerprint density at radius 2 is 1.38 bits per heavy atom. The minimum atomic E-state index is 0.0516. The fourth-order valence-corrected chi connectivity index (χ4v) is 4.68. The Morgan fingerprint density at radius 1 is 0.824 bits per heavy atom. The van der Waals surface area contributed by atoms with Crippen LogP contribution >= 0.6 is 0 Å². The van der Waals surface area contributed by atoms with E-state index < -0.39 is 0 Å². The van der Waals surface area contributed by atoms with Gasteiger partial charge in [-0.15, -0.1) is 13.2 Å². The number of aromatic nitrogens is 2. The van der Waals surface area contributed by atoms with Gasteiger partial charge in [-0.25, -0.2) is 4.57 Å². The van der Waals surface area contributed by atoms with Crippen molar-refractivity contribution in [1.29, 1.82) is 0 Å². The number of hydrogen-bond acceptors (Lipinski definition) is 0. The van der Waals surface area contributed by atoms with Crippen LogP contribution in [0.1, 0.15) is 93.3 Å². The van der Waals surface area contributed by atoms with Crippen LogP contribution in [0.4, 0.5) is 0 Å². The van der Waals surface area contributed by atoms with Gasteiger partial charge in [0, 0.05) is 5.41 Å². The average molecular weight is 462 g/mol. The van der Waals surface area contributed by atoms with E-state index in [4.69, 9.17) is 0 Å². The van der Waals surface area contributed by atoms with Gasteiger partial charge >= 0.3 is 0 Å². The fraction of sp³-hybridized carbons (Fsp3) is 0.469. The van der Waals surface area contributed by atoms with Crippen LogP contribution < -0.4 is 4.57 Å². The molecule has 0 fully saturated rings. The second-order valence-electron chi connectivity index (χ2n) is 9.52. The maximum atomic E-state index is 3.00. The molecule has 4 rings (SSSR count). The van der Waals surface area contributed by atoms with Crippen LogP contribution in [-0.4, -0.2) is 4.40 Å². The lowest BCUT2D eigenvalue weighted by molar-refractivity contribution is -0.617. The van der Waals surface area contributed by atoms with E-state index in [0.29, 0.717) is 0 Å². The van der Waals surface area contributed by atoms with Gasteiger partial charge in [0.05, 0.1) is 12.4 Å². The highest BCUT2D eigenvalue weighted by molar-refractivity contribution is 5.99. The Kier molecular flexibility index (Phi) is 10.6. The van der Waals surface area contributed by atoms with E-state index in [2.05, 4.69) is 119 Å². The normalized spacial score (nSPS) is 11.3. The molecule has 2 heterocycles. The van der Waals surface area contributed by atoms with Crippen molar-refractivity contribution in [2.45, 2.75) is 92.9 Å². The lowest BCUT2D eigenvalue weighted by atomic mass is 9.75. The molecule has 0 atom stereocenters. The number of benzene rings is 2. The largest absolute Gasteiger partial charge is 0.295 e. The Hall–Kier alpha value is -2.61. The zero-order valence-electron chi connectivity index (χ0n) is 23.8. The first-order valence-electron chi connectivity index (χ1n) is 13.1. The number of nitrogens with zero attached hydrogens (tertiary/aromatic N) is 2. The molecule has 2 heteroatoms. The van der Waals surface area contributed by atoms with E-state index >= 15 is 0 Å². The molecule has 0 aliphatic rings. The second-order valence-corrected chi connectivity index (χ2v) is 9.52.